The van der Waals surface area contributed by atoms with Gasteiger partial charge in [-0.25, -0.2) is 9.97 Å². The van der Waals surface area contributed by atoms with Gasteiger partial charge < -0.3 is 19.9 Å². The lowest BCUT2D eigenvalue weighted by Gasteiger charge is -2.24. The van der Waals surface area contributed by atoms with Crippen LogP contribution < -0.4 is 5.32 Å². The summed E-state index contributed by atoms with van der Waals surface area (Å²) in [5, 5.41) is 13.9. The molecule has 8 heteroatoms. The average Bonchev–Trinajstić information content (AvgIpc) is 3.03. The molecule has 1 aliphatic heterocycles. The van der Waals surface area contributed by atoms with E-state index in [-0.39, 0.29) is 30.8 Å². The van der Waals surface area contributed by atoms with E-state index in [0.29, 0.717) is 5.16 Å². The van der Waals surface area contributed by atoms with Crippen molar-refractivity contribution in [2.24, 2.45) is 5.92 Å². The highest BCUT2D eigenvalue weighted by atomic mass is 127. The SMILES string of the molecule is C=Cc1nc(SC)nc(N[C@@H]2C[C@H](CO)[C@H]3OC(C)(C)O[C@H]32)c1I. The average molecular weight is 463 g/mol. The van der Waals surface area contributed by atoms with Crippen molar-refractivity contribution in [3.05, 3.63) is 15.8 Å². The van der Waals surface area contributed by atoms with Gasteiger partial charge in [0.1, 0.15) is 11.9 Å². The molecule has 0 spiro atoms. The van der Waals surface area contributed by atoms with Crippen molar-refractivity contribution in [3.63, 3.8) is 0 Å². The Balaban J connectivity index is 1.87. The summed E-state index contributed by atoms with van der Waals surface area (Å²) in [6, 6.07) is 0.0321. The maximum atomic E-state index is 9.68. The lowest BCUT2D eigenvalue weighted by molar-refractivity contribution is -0.158. The van der Waals surface area contributed by atoms with Crippen LogP contribution in [0, 0.1) is 9.49 Å². The lowest BCUT2D eigenvalue weighted by atomic mass is 10.1. The van der Waals surface area contributed by atoms with E-state index in [1.54, 1.807) is 6.08 Å². The van der Waals surface area contributed by atoms with Gasteiger partial charge in [0.05, 0.1) is 21.4 Å². The van der Waals surface area contributed by atoms with Crippen LogP contribution in [0.5, 0.6) is 0 Å². The minimum Gasteiger partial charge on any atom is -0.396 e. The van der Waals surface area contributed by atoms with Gasteiger partial charge >= 0.3 is 0 Å². The van der Waals surface area contributed by atoms with E-state index in [1.807, 2.05) is 20.1 Å². The maximum absolute atomic E-state index is 9.68. The molecule has 1 aromatic rings. The molecular formula is C16H22IN3O3S. The molecular weight excluding hydrogens is 441 g/mol. The third-order valence-electron chi connectivity index (χ3n) is 4.37. The number of fused-ring (bicyclic) bond motifs is 1. The van der Waals surface area contributed by atoms with Gasteiger partial charge in [0.25, 0.3) is 0 Å². The van der Waals surface area contributed by atoms with Crippen molar-refractivity contribution in [1.29, 1.82) is 0 Å². The van der Waals surface area contributed by atoms with Gasteiger partial charge in [-0.1, -0.05) is 18.3 Å². The molecule has 6 nitrogen and oxygen atoms in total. The minimum atomic E-state index is -0.626. The van der Waals surface area contributed by atoms with Crippen LogP contribution in [0.2, 0.25) is 0 Å². The summed E-state index contributed by atoms with van der Waals surface area (Å²) in [4.78, 5) is 9.05. The fraction of sp³-hybridized carbons (Fsp3) is 0.625. The Hall–Kier alpha value is -0.420. The molecule has 1 saturated heterocycles. The van der Waals surface area contributed by atoms with E-state index in [9.17, 15) is 5.11 Å². The van der Waals surface area contributed by atoms with Crippen molar-refractivity contribution in [2.45, 2.75) is 49.5 Å². The molecule has 0 radical (unpaired) electrons. The van der Waals surface area contributed by atoms with E-state index < -0.39 is 5.79 Å². The molecule has 0 bridgehead atoms. The summed E-state index contributed by atoms with van der Waals surface area (Å²) < 4.78 is 13.0. The zero-order valence-electron chi connectivity index (χ0n) is 14.0. The van der Waals surface area contributed by atoms with Crippen LogP contribution >= 0.6 is 34.4 Å². The highest BCUT2D eigenvalue weighted by molar-refractivity contribution is 14.1. The molecule has 2 fully saturated rings. The number of rotatable bonds is 5. The summed E-state index contributed by atoms with van der Waals surface area (Å²) in [5.74, 6) is 0.215. The second-order valence-electron chi connectivity index (χ2n) is 6.46. The number of aromatic nitrogens is 2. The molecule has 0 unspecified atom stereocenters. The van der Waals surface area contributed by atoms with Gasteiger partial charge in [-0.3, -0.25) is 0 Å². The van der Waals surface area contributed by atoms with Crippen molar-refractivity contribution in [2.75, 3.05) is 18.2 Å². The zero-order valence-corrected chi connectivity index (χ0v) is 16.9. The van der Waals surface area contributed by atoms with E-state index in [4.69, 9.17) is 9.47 Å². The second kappa shape index (κ2) is 7.06. The Kier molecular flexibility index (Phi) is 5.41. The van der Waals surface area contributed by atoms with Crippen molar-refractivity contribution >= 4 is 46.2 Å². The topological polar surface area (TPSA) is 76.5 Å². The van der Waals surface area contributed by atoms with E-state index in [0.717, 1.165) is 21.5 Å². The standard InChI is InChI=1S/C16H22IN3O3S/c1-5-9-11(17)14(20-15(19-9)24-4)18-10-6-8(7-21)12-13(10)23-16(2,3)22-12/h5,8,10,12-13,21H,1,6-7H2,2-4H3,(H,18,19,20)/t8-,10-,12-,13+/m1/s1. The lowest BCUT2D eigenvalue weighted by Crippen LogP contribution is -2.35. The highest BCUT2D eigenvalue weighted by Crippen LogP contribution is 2.42. The normalized spacial score (nSPS) is 31.0. The van der Waals surface area contributed by atoms with Gasteiger partial charge in [-0.05, 0) is 55.2 Å². The molecule has 1 saturated carbocycles. The number of hydrogen-bond acceptors (Lipinski definition) is 7. The fourth-order valence-electron chi connectivity index (χ4n) is 3.35. The molecule has 1 aromatic heterocycles. The van der Waals surface area contributed by atoms with Gasteiger partial charge in [0.2, 0.25) is 0 Å². The molecule has 2 heterocycles. The van der Waals surface area contributed by atoms with Crippen LogP contribution in [0.1, 0.15) is 26.0 Å². The number of anilines is 1. The van der Waals surface area contributed by atoms with Crippen molar-refractivity contribution in [1.82, 2.24) is 9.97 Å². The largest absolute Gasteiger partial charge is 0.396 e. The predicted octanol–water partition coefficient (Wildman–Crippen LogP) is 2.76. The van der Waals surface area contributed by atoms with Gasteiger partial charge in [0, 0.05) is 12.5 Å². The summed E-state index contributed by atoms with van der Waals surface area (Å²) in [6.45, 7) is 7.74. The number of hydrogen-bond donors (Lipinski definition) is 2. The molecule has 1 aliphatic carbocycles. The molecule has 132 valence electrons. The molecule has 0 aromatic carbocycles. The summed E-state index contributed by atoms with van der Waals surface area (Å²) in [5.41, 5.74) is 0.814. The Morgan fingerprint density at radius 2 is 2.12 bits per heavy atom. The van der Waals surface area contributed by atoms with Crippen LogP contribution in [0.4, 0.5) is 5.82 Å². The number of nitrogens with zero attached hydrogens (tertiary/aromatic N) is 2. The van der Waals surface area contributed by atoms with Crippen LogP contribution in [0.25, 0.3) is 6.08 Å². The van der Waals surface area contributed by atoms with Crippen LogP contribution in [-0.2, 0) is 9.47 Å². The summed E-state index contributed by atoms with van der Waals surface area (Å²) in [7, 11) is 0. The van der Waals surface area contributed by atoms with Crippen molar-refractivity contribution in [3.8, 4) is 0 Å². The number of aliphatic hydroxyl groups excluding tert-OH is 1. The number of halogens is 1. The number of thioether (sulfide) groups is 1. The van der Waals surface area contributed by atoms with Crippen LogP contribution in [0.3, 0.4) is 0 Å². The molecule has 0 amide bonds. The summed E-state index contributed by atoms with van der Waals surface area (Å²) >= 11 is 3.73. The smallest absolute Gasteiger partial charge is 0.189 e. The first-order chi connectivity index (χ1) is 11.4. The first-order valence-electron chi connectivity index (χ1n) is 7.85. The second-order valence-corrected chi connectivity index (χ2v) is 8.31. The number of nitrogens with one attached hydrogen (secondary N) is 1. The highest BCUT2D eigenvalue weighted by Gasteiger charge is 2.53. The van der Waals surface area contributed by atoms with Crippen LogP contribution in [0.15, 0.2) is 11.7 Å². The monoisotopic (exact) mass is 463 g/mol. The molecule has 4 atom stereocenters. The molecule has 24 heavy (non-hydrogen) atoms. The maximum Gasteiger partial charge on any atom is 0.189 e. The van der Waals surface area contributed by atoms with E-state index in [1.165, 1.54) is 11.8 Å². The van der Waals surface area contributed by atoms with Crippen molar-refractivity contribution < 1.29 is 14.6 Å². The Labute approximate surface area is 160 Å². The van der Waals surface area contributed by atoms with Crippen LogP contribution in [-0.4, -0.2) is 52.0 Å². The van der Waals surface area contributed by atoms with Gasteiger partial charge in [-0.15, -0.1) is 0 Å². The first kappa shape index (κ1) is 18.4. The number of ether oxygens (including phenoxy) is 2. The third kappa shape index (κ3) is 3.44. The van der Waals surface area contributed by atoms with Gasteiger partial charge in [-0.2, -0.15) is 0 Å². The summed E-state index contributed by atoms with van der Waals surface area (Å²) in [6.07, 6.45) is 4.26. The fourth-order valence-corrected chi connectivity index (χ4v) is 4.34. The Bertz CT molecular complexity index is 643. The zero-order chi connectivity index (χ0) is 17.5. The minimum absolute atomic E-state index is 0.0321. The molecule has 2 N–H and O–H groups in total. The number of aliphatic hydroxyl groups is 1. The van der Waals surface area contributed by atoms with E-state index >= 15 is 0 Å². The quantitative estimate of drug-likeness (QED) is 0.395. The van der Waals surface area contributed by atoms with Gasteiger partial charge in [0.15, 0.2) is 10.9 Å². The first-order valence-corrected chi connectivity index (χ1v) is 10.2. The third-order valence-corrected chi connectivity index (χ3v) is 5.98. The molecule has 3 rings (SSSR count). The predicted molar refractivity (Wildman–Crippen MR) is 103 cm³/mol. The Morgan fingerprint density at radius 3 is 2.75 bits per heavy atom. The Morgan fingerprint density at radius 1 is 1.42 bits per heavy atom. The van der Waals surface area contributed by atoms with E-state index in [2.05, 4.69) is 44.5 Å². The molecule has 2 aliphatic rings.